The maximum Gasteiger partial charge on any atom is 0.119 e. The first-order valence-corrected chi connectivity index (χ1v) is 6.07. The molecule has 0 aromatic heterocycles. The lowest BCUT2D eigenvalue weighted by Gasteiger charge is -2.20. The van der Waals surface area contributed by atoms with Gasteiger partial charge in [0.05, 0.1) is 12.2 Å². The van der Waals surface area contributed by atoms with Gasteiger partial charge in [0, 0.05) is 6.54 Å². The van der Waals surface area contributed by atoms with Crippen molar-refractivity contribution in [3.63, 3.8) is 0 Å². The predicted octanol–water partition coefficient (Wildman–Crippen LogP) is 2.17. The van der Waals surface area contributed by atoms with Gasteiger partial charge in [0.1, 0.15) is 5.75 Å². The van der Waals surface area contributed by atoms with Crippen molar-refractivity contribution < 1.29 is 9.84 Å². The van der Waals surface area contributed by atoms with Crippen molar-refractivity contribution >= 4 is 0 Å². The average molecular weight is 237 g/mol. The summed E-state index contributed by atoms with van der Waals surface area (Å²) in [6.07, 6.45) is 1.46. The van der Waals surface area contributed by atoms with Crippen molar-refractivity contribution in [3.8, 4) is 5.75 Å². The number of benzene rings is 1. The Morgan fingerprint density at radius 1 is 1.29 bits per heavy atom. The maximum atomic E-state index is 9.72. The van der Waals surface area contributed by atoms with E-state index in [0.29, 0.717) is 13.0 Å². The normalized spacial score (nSPS) is 14.4. The molecule has 0 fully saturated rings. The molecule has 1 atom stereocenters. The standard InChI is InChI=1S/C14H23NO2/c1-11-5-6-13(9-12(11)2)17-8-4-7-14(3,16)10-15/h5-6,9,16H,4,7-8,10,15H2,1-3H3. The van der Waals surface area contributed by atoms with Gasteiger partial charge >= 0.3 is 0 Å². The van der Waals surface area contributed by atoms with Crippen molar-refractivity contribution in [1.82, 2.24) is 0 Å². The van der Waals surface area contributed by atoms with Crippen LogP contribution in [0.5, 0.6) is 5.75 Å². The second kappa shape index (κ2) is 6.03. The molecule has 96 valence electrons. The van der Waals surface area contributed by atoms with Gasteiger partial charge in [0.2, 0.25) is 0 Å². The fourth-order valence-corrected chi connectivity index (χ4v) is 1.55. The Hall–Kier alpha value is -1.06. The Kier molecular flexibility index (Phi) is 4.97. The first-order chi connectivity index (χ1) is 7.94. The van der Waals surface area contributed by atoms with E-state index in [-0.39, 0.29) is 6.54 Å². The van der Waals surface area contributed by atoms with Crippen LogP contribution >= 0.6 is 0 Å². The number of ether oxygens (including phenoxy) is 1. The van der Waals surface area contributed by atoms with Gasteiger partial charge in [-0.05, 0) is 56.9 Å². The Balaban J connectivity index is 2.34. The van der Waals surface area contributed by atoms with E-state index >= 15 is 0 Å². The Bertz CT molecular complexity index is 361. The highest BCUT2D eigenvalue weighted by atomic mass is 16.5. The predicted molar refractivity (Wildman–Crippen MR) is 70.3 cm³/mol. The van der Waals surface area contributed by atoms with Crippen LogP contribution in [-0.2, 0) is 0 Å². The van der Waals surface area contributed by atoms with E-state index in [9.17, 15) is 5.11 Å². The molecule has 0 heterocycles. The third-order valence-electron chi connectivity index (χ3n) is 3.05. The van der Waals surface area contributed by atoms with E-state index in [1.54, 1.807) is 6.92 Å². The lowest BCUT2D eigenvalue weighted by Crippen LogP contribution is -2.34. The highest BCUT2D eigenvalue weighted by Crippen LogP contribution is 2.17. The molecule has 1 aromatic rings. The molecule has 0 saturated carbocycles. The molecular formula is C14H23NO2. The van der Waals surface area contributed by atoms with Crippen LogP contribution in [0.3, 0.4) is 0 Å². The second-order valence-electron chi connectivity index (χ2n) is 4.90. The fourth-order valence-electron chi connectivity index (χ4n) is 1.55. The molecule has 1 aromatic carbocycles. The van der Waals surface area contributed by atoms with E-state index in [0.717, 1.165) is 12.2 Å². The van der Waals surface area contributed by atoms with Crippen LogP contribution in [0.15, 0.2) is 18.2 Å². The molecule has 0 saturated heterocycles. The van der Waals surface area contributed by atoms with Crippen LogP contribution in [0.25, 0.3) is 0 Å². The Morgan fingerprint density at radius 2 is 2.00 bits per heavy atom. The van der Waals surface area contributed by atoms with Gasteiger partial charge in [0.25, 0.3) is 0 Å². The van der Waals surface area contributed by atoms with Gasteiger partial charge in [-0.1, -0.05) is 6.07 Å². The Labute approximate surface area is 104 Å². The molecule has 0 bridgehead atoms. The topological polar surface area (TPSA) is 55.5 Å². The summed E-state index contributed by atoms with van der Waals surface area (Å²) in [5.74, 6) is 0.889. The van der Waals surface area contributed by atoms with Crippen LogP contribution < -0.4 is 10.5 Å². The van der Waals surface area contributed by atoms with Crippen molar-refractivity contribution in [2.24, 2.45) is 5.73 Å². The largest absolute Gasteiger partial charge is 0.494 e. The van der Waals surface area contributed by atoms with Gasteiger partial charge in [-0.2, -0.15) is 0 Å². The number of aryl methyl sites for hydroxylation is 2. The maximum absolute atomic E-state index is 9.72. The molecule has 3 N–H and O–H groups in total. The Morgan fingerprint density at radius 3 is 2.59 bits per heavy atom. The van der Waals surface area contributed by atoms with Gasteiger partial charge in [-0.3, -0.25) is 0 Å². The van der Waals surface area contributed by atoms with E-state index in [1.807, 2.05) is 12.1 Å². The molecule has 1 rings (SSSR count). The van der Waals surface area contributed by atoms with Gasteiger partial charge in [-0.25, -0.2) is 0 Å². The van der Waals surface area contributed by atoms with Crippen LogP contribution in [0, 0.1) is 13.8 Å². The number of nitrogens with two attached hydrogens (primary N) is 1. The molecule has 0 aliphatic rings. The highest BCUT2D eigenvalue weighted by molar-refractivity contribution is 5.33. The molecule has 17 heavy (non-hydrogen) atoms. The quantitative estimate of drug-likeness (QED) is 0.746. The molecular weight excluding hydrogens is 214 g/mol. The SMILES string of the molecule is Cc1ccc(OCCCC(C)(O)CN)cc1C. The zero-order valence-corrected chi connectivity index (χ0v) is 11.0. The summed E-state index contributed by atoms with van der Waals surface area (Å²) in [5.41, 5.74) is 7.17. The highest BCUT2D eigenvalue weighted by Gasteiger charge is 2.16. The molecule has 0 amide bonds. The molecule has 1 unspecified atom stereocenters. The third kappa shape index (κ3) is 4.75. The smallest absolute Gasteiger partial charge is 0.119 e. The summed E-state index contributed by atoms with van der Waals surface area (Å²) in [6, 6.07) is 6.07. The summed E-state index contributed by atoms with van der Waals surface area (Å²) in [7, 11) is 0. The number of rotatable bonds is 6. The molecule has 0 aliphatic heterocycles. The van der Waals surface area contributed by atoms with Crippen molar-refractivity contribution in [3.05, 3.63) is 29.3 Å². The number of aliphatic hydroxyl groups is 1. The molecule has 3 heteroatoms. The summed E-state index contributed by atoms with van der Waals surface area (Å²) in [4.78, 5) is 0. The first-order valence-electron chi connectivity index (χ1n) is 6.07. The minimum absolute atomic E-state index is 0.288. The van der Waals surface area contributed by atoms with Crippen LogP contribution in [-0.4, -0.2) is 23.9 Å². The van der Waals surface area contributed by atoms with Crippen molar-refractivity contribution in [2.45, 2.75) is 39.2 Å². The van der Waals surface area contributed by atoms with E-state index < -0.39 is 5.60 Å². The van der Waals surface area contributed by atoms with E-state index in [2.05, 4.69) is 19.9 Å². The average Bonchev–Trinajstić information content (AvgIpc) is 2.29. The summed E-state index contributed by atoms with van der Waals surface area (Å²) in [6.45, 7) is 6.80. The summed E-state index contributed by atoms with van der Waals surface area (Å²) in [5, 5.41) is 9.72. The number of hydrogen-bond donors (Lipinski definition) is 2. The molecule has 0 spiro atoms. The summed E-state index contributed by atoms with van der Waals surface area (Å²) >= 11 is 0. The molecule has 0 radical (unpaired) electrons. The fraction of sp³-hybridized carbons (Fsp3) is 0.571. The lowest BCUT2D eigenvalue weighted by atomic mass is 10.0. The molecule has 3 nitrogen and oxygen atoms in total. The van der Waals surface area contributed by atoms with Crippen molar-refractivity contribution in [2.75, 3.05) is 13.2 Å². The van der Waals surface area contributed by atoms with Gasteiger partial charge in [0.15, 0.2) is 0 Å². The van der Waals surface area contributed by atoms with Crippen molar-refractivity contribution in [1.29, 1.82) is 0 Å². The van der Waals surface area contributed by atoms with Crippen LogP contribution in [0.4, 0.5) is 0 Å². The summed E-state index contributed by atoms with van der Waals surface area (Å²) < 4.78 is 5.63. The monoisotopic (exact) mass is 237 g/mol. The second-order valence-corrected chi connectivity index (χ2v) is 4.90. The van der Waals surface area contributed by atoms with E-state index in [4.69, 9.17) is 10.5 Å². The van der Waals surface area contributed by atoms with Crippen LogP contribution in [0.1, 0.15) is 30.9 Å². The number of hydrogen-bond acceptors (Lipinski definition) is 3. The minimum Gasteiger partial charge on any atom is -0.494 e. The molecule has 0 aliphatic carbocycles. The minimum atomic E-state index is -0.771. The van der Waals surface area contributed by atoms with E-state index in [1.165, 1.54) is 11.1 Å². The van der Waals surface area contributed by atoms with Crippen LogP contribution in [0.2, 0.25) is 0 Å². The van der Waals surface area contributed by atoms with Gasteiger partial charge < -0.3 is 15.6 Å². The zero-order valence-electron chi connectivity index (χ0n) is 11.0. The third-order valence-corrected chi connectivity index (χ3v) is 3.05. The van der Waals surface area contributed by atoms with Gasteiger partial charge in [-0.15, -0.1) is 0 Å². The zero-order chi connectivity index (χ0) is 12.9. The first kappa shape index (κ1) is 14.0. The lowest BCUT2D eigenvalue weighted by molar-refractivity contribution is 0.0536.